The lowest BCUT2D eigenvalue weighted by Gasteiger charge is -2.08. The summed E-state index contributed by atoms with van der Waals surface area (Å²) in [6, 6.07) is 2.17. The van der Waals surface area contributed by atoms with E-state index in [0.717, 1.165) is 12.1 Å². The molecule has 0 amide bonds. The van der Waals surface area contributed by atoms with Crippen molar-refractivity contribution in [3.63, 3.8) is 0 Å². The summed E-state index contributed by atoms with van der Waals surface area (Å²) in [4.78, 5) is -0.558. The van der Waals surface area contributed by atoms with E-state index in [2.05, 4.69) is 16.6 Å². The predicted octanol–water partition coefficient (Wildman–Crippen LogP) is 1.75. The molecule has 0 bridgehead atoms. The van der Waals surface area contributed by atoms with E-state index < -0.39 is 20.7 Å². The third-order valence-corrected chi connectivity index (χ3v) is 3.72. The second-order valence-corrected chi connectivity index (χ2v) is 5.55. The molecular formula is C11H12ClFN2O2S. The van der Waals surface area contributed by atoms with Gasteiger partial charge in [-0.2, -0.15) is 0 Å². The highest BCUT2D eigenvalue weighted by Crippen LogP contribution is 2.24. The Kier molecular flexibility index (Phi) is 4.96. The summed E-state index contributed by atoms with van der Waals surface area (Å²) in [6.07, 6.45) is 0.341. The van der Waals surface area contributed by atoms with Crippen LogP contribution in [-0.4, -0.2) is 15.0 Å². The lowest BCUT2D eigenvalue weighted by molar-refractivity contribution is 0.559. The monoisotopic (exact) mass is 290 g/mol. The maximum atomic E-state index is 13.6. The molecule has 98 valence electrons. The van der Waals surface area contributed by atoms with Crippen LogP contribution in [0.2, 0.25) is 5.02 Å². The van der Waals surface area contributed by atoms with Crippen molar-refractivity contribution < 1.29 is 12.8 Å². The summed E-state index contributed by atoms with van der Waals surface area (Å²) in [5, 5.41) is 0.0580. The van der Waals surface area contributed by atoms with E-state index in [9.17, 15) is 12.8 Å². The summed E-state index contributed by atoms with van der Waals surface area (Å²) in [7, 11) is -3.97. The van der Waals surface area contributed by atoms with Gasteiger partial charge in [-0.25, -0.2) is 17.5 Å². The molecule has 0 unspecified atom stereocenters. The van der Waals surface area contributed by atoms with Crippen LogP contribution in [0, 0.1) is 17.7 Å². The van der Waals surface area contributed by atoms with E-state index in [1.807, 2.05) is 0 Å². The topological polar surface area (TPSA) is 72.2 Å². The van der Waals surface area contributed by atoms with Crippen molar-refractivity contribution in [1.82, 2.24) is 4.72 Å². The molecule has 0 aliphatic heterocycles. The first kappa shape index (κ1) is 14.8. The Balaban J connectivity index is 3.00. The maximum absolute atomic E-state index is 13.6. The van der Waals surface area contributed by atoms with Gasteiger partial charge in [0.15, 0.2) is 5.82 Å². The van der Waals surface area contributed by atoms with E-state index in [0.29, 0.717) is 6.42 Å². The SMILES string of the molecule is CC#CCCNS(=O)(=O)c1cc(Cl)cc(N)c1F. The van der Waals surface area contributed by atoms with Gasteiger partial charge in [0.05, 0.1) is 5.69 Å². The van der Waals surface area contributed by atoms with Crippen molar-refractivity contribution in [2.24, 2.45) is 0 Å². The molecule has 0 aromatic heterocycles. The van der Waals surface area contributed by atoms with Crippen molar-refractivity contribution in [2.45, 2.75) is 18.2 Å². The number of nitrogens with two attached hydrogens (primary N) is 1. The van der Waals surface area contributed by atoms with Crippen LogP contribution >= 0.6 is 11.6 Å². The molecule has 0 atom stereocenters. The fourth-order valence-corrected chi connectivity index (χ4v) is 2.68. The zero-order valence-electron chi connectivity index (χ0n) is 9.63. The molecule has 0 saturated carbocycles. The molecule has 0 saturated heterocycles. The highest BCUT2D eigenvalue weighted by atomic mass is 35.5. The van der Waals surface area contributed by atoms with Gasteiger partial charge in [-0.3, -0.25) is 0 Å². The lowest BCUT2D eigenvalue weighted by atomic mass is 10.3. The zero-order valence-corrected chi connectivity index (χ0v) is 11.2. The Morgan fingerprint density at radius 3 is 2.78 bits per heavy atom. The van der Waals surface area contributed by atoms with Crippen LogP contribution in [0.1, 0.15) is 13.3 Å². The first-order valence-electron chi connectivity index (χ1n) is 5.02. The zero-order chi connectivity index (χ0) is 13.8. The van der Waals surface area contributed by atoms with Gasteiger partial charge in [-0.05, 0) is 19.1 Å². The van der Waals surface area contributed by atoms with Crippen LogP contribution in [-0.2, 0) is 10.0 Å². The number of halogens is 2. The second-order valence-electron chi connectivity index (χ2n) is 3.38. The quantitative estimate of drug-likeness (QED) is 0.504. The Morgan fingerprint density at radius 2 is 2.17 bits per heavy atom. The fourth-order valence-electron chi connectivity index (χ4n) is 1.23. The minimum atomic E-state index is -3.97. The highest BCUT2D eigenvalue weighted by molar-refractivity contribution is 7.89. The molecule has 7 heteroatoms. The van der Waals surface area contributed by atoms with Gasteiger partial charge < -0.3 is 5.73 Å². The van der Waals surface area contributed by atoms with Crippen molar-refractivity contribution in [3.8, 4) is 11.8 Å². The summed E-state index contributed by atoms with van der Waals surface area (Å²) >= 11 is 5.65. The molecule has 18 heavy (non-hydrogen) atoms. The van der Waals surface area contributed by atoms with E-state index in [-0.39, 0.29) is 17.3 Å². The minimum Gasteiger partial charge on any atom is -0.396 e. The Hall–Kier alpha value is -1.29. The van der Waals surface area contributed by atoms with Gasteiger partial charge in [0.2, 0.25) is 10.0 Å². The number of nitrogen functional groups attached to an aromatic ring is 1. The predicted molar refractivity (Wildman–Crippen MR) is 69.1 cm³/mol. The first-order chi connectivity index (χ1) is 8.38. The number of rotatable bonds is 4. The van der Waals surface area contributed by atoms with Crippen molar-refractivity contribution in [3.05, 3.63) is 23.0 Å². The summed E-state index contributed by atoms with van der Waals surface area (Å²) in [6.45, 7) is 1.74. The average molecular weight is 291 g/mol. The maximum Gasteiger partial charge on any atom is 0.243 e. The van der Waals surface area contributed by atoms with Gasteiger partial charge in [-0.15, -0.1) is 11.8 Å². The Labute approximate surface area is 110 Å². The number of nitrogens with one attached hydrogen (secondary N) is 1. The number of sulfonamides is 1. The molecule has 1 aromatic carbocycles. The molecule has 0 fully saturated rings. The molecule has 4 nitrogen and oxygen atoms in total. The van der Waals surface area contributed by atoms with E-state index in [1.54, 1.807) is 6.92 Å². The third-order valence-electron chi connectivity index (χ3n) is 2.04. The largest absolute Gasteiger partial charge is 0.396 e. The molecule has 1 rings (SSSR count). The summed E-state index contributed by atoms with van der Waals surface area (Å²) < 4.78 is 39.5. The van der Waals surface area contributed by atoms with Gasteiger partial charge in [0.1, 0.15) is 4.90 Å². The third kappa shape index (κ3) is 3.60. The Morgan fingerprint density at radius 1 is 1.50 bits per heavy atom. The van der Waals surface area contributed by atoms with E-state index in [1.165, 1.54) is 0 Å². The van der Waals surface area contributed by atoms with Gasteiger partial charge in [0, 0.05) is 18.0 Å². The van der Waals surface area contributed by atoms with Gasteiger partial charge >= 0.3 is 0 Å². The van der Waals surface area contributed by atoms with E-state index in [4.69, 9.17) is 17.3 Å². The standard InChI is InChI=1S/C11H12ClFN2O2S/c1-2-3-4-5-15-18(16,17)10-7-8(12)6-9(14)11(10)13/h6-7,15H,4-5,14H2,1H3. The normalized spacial score (nSPS) is 10.8. The second kappa shape index (κ2) is 6.05. The average Bonchev–Trinajstić information content (AvgIpc) is 2.29. The first-order valence-corrected chi connectivity index (χ1v) is 6.88. The molecule has 0 spiro atoms. The van der Waals surface area contributed by atoms with Crippen molar-refractivity contribution in [1.29, 1.82) is 0 Å². The summed E-state index contributed by atoms with van der Waals surface area (Å²) in [5.41, 5.74) is 5.01. The van der Waals surface area contributed by atoms with Gasteiger partial charge in [0.25, 0.3) is 0 Å². The smallest absolute Gasteiger partial charge is 0.243 e. The van der Waals surface area contributed by atoms with Gasteiger partial charge in [-0.1, -0.05) is 11.6 Å². The molecule has 0 heterocycles. The van der Waals surface area contributed by atoms with E-state index >= 15 is 0 Å². The van der Waals surface area contributed by atoms with Crippen LogP contribution < -0.4 is 10.5 Å². The lowest BCUT2D eigenvalue weighted by Crippen LogP contribution is -2.25. The number of hydrogen-bond acceptors (Lipinski definition) is 3. The highest BCUT2D eigenvalue weighted by Gasteiger charge is 2.21. The molecule has 0 aliphatic carbocycles. The summed E-state index contributed by atoms with van der Waals surface area (Å²) in [5.74, 6) is 4.31. The molecule has 0 radical (unpaired) electrons. The molecular weight excluding hydrogens is 279 g/mol. The van der Waals surface area contributed by atoms with Crippen LogP contribution in [0.4, 0.5) is 10.1 Å². The molecule has 0 aliphatic rings. The minimum absolute atomic E-state index is 0.0580. The number of anilines is 1. The van der Waals surface area contributed by atoms with Crippen LogP contribution in [0.5, 0.6) is 0 Å². The number of benzene rings is 1. The van der Waals surface area contributed by atoms with Crippen LogP contribution in [0.25, 0.3) is 0 Å². The number of hydrogen-bond donors (Lipinski definition) is 2. The fraction of sp³-hybridized carbons (Fsp3) is 0.273. The molecule has 3 N–H and O–H groups in total. The van der Waals surface area contributed by atoms with Crippen LogP contribution in [0.3, 0.4) is 0 Å². The van der Waals surface area contributed by atoms with Crippen molar-refractivity contribution >= 4 is 27.3 Å². The van der Waals surface area contributed by atoms with Crippen LogP contribution in [0.15, 0.2) is 17.0 Å². The molecule has 1 aromatic rings. The Bertz CT molecular complexity index is 605. The van der Waals surface area contributed by atoms with Crippen molar-refractivity contribution in [2.75, 3.05) is 12.3 Å².